The maximum atomic E-state index is 13.6. The Hall–Kier alpha value is -3.21. The van der Waals surface area contributed by atoms with Crippen LogP contribution in [0.1, 0.15) is 17.0 Å². The maximum Gasteiger partial charge on any atom is 0.216 e. The number of aromatic amines is 1. The highest BCUT2D eigenvalue weighted by atomic mass is 32.2. The van der Waals surface area contributed by atoms with E-state index in [4.69, 9.17) is 4.42 Å². The third-order valence-corrected chi connectivity index (χ3v) is 4.79. The number of halogens is 1. The number of H-pyrrole nitrogens is 1. The van der Waals surface area contributed by atoms with Crippen molar-refractivity contribution in [2.75, 3.05) is 13.3 Å². The van der Waals surface area contributed by atoms with Crippen LogP contribution in [0.25, 0.3) is 11.6 Å². The number of hydrogen-bond acceptors (Lipinski definition) is 6. The van der Waals surface area contributed by atoms with Crippen LogP contribution >= 0.6 is 0 Å². The molecule has 0 aliphatic heterocycles. The van der Waals surface area contributed by atoms with E-state index in [0.717, 1.165) is 6.26 Å². The van der Waals surface area contributed by atoms with Crippen molar-refractivity contribution in [1.82, 2.24) is 25.8 Å². The van der Waals surface area contributed by atoms with E-state index < -0.39 is 15.7 Å². The van der Waals surface area contributed by atoms with Crippen LogP contribution in [0.5, 0.6) is 0 Å². The van der Waals surface area contributed by atoms with Crippen LogP contribution in [0.4, 0.5) is 4.39 Å². The number of nitrogens with zero attached hydrogens (tertiary/aromatic N) is 3. The maximum absolute atomic E-state index is 13.6. The standard InChI is InChI=1S/C18H21FN6O3S/c1-20-18(22-10-16-23-17(25-24-16)15-4-3-7-28-15)21-9-13-8-14(19)6-5-12(13)11-29(2,26)27/h3-8H,9-11H2,1-2H3,(H2,20,21,22)(H,23,24,25). The summed E-state index contributed by atoms with van der Waals surface area (Å²) in [4.78, 5) is 8.42. The number of aromatic nitrogens is 3. The fraction of sp³-hybridized carbons (Fsp3) is 0.278. The topological polar surface area (TPSA) is 125 Å². The minimum absolute atomic E-state index is 0.163. The zero-order valence-electron chi connectivity index (χ0n) is 15.9. The zero-order valence-corrected chi connectivity index (χ0v) is 16.8. The predicted molar refractivity (Wildman–Crippen MR) is 106 cm³/mol. The Morgan fingerprint density at radius 1 is 1.24 bits per heavy atom. The monoisotopic (exact) mass is 420 g/mol. The van der Waals surface area contributed by atoms with Gasteiger partial charge in [0, 0.05) is 19.8 Å². The molecule has 1 aromatic carbocycles. The van der Waals surface area contributed by atoms with Crippen LogP contribution in [0.3, 0.4) is 0 Å². The lowest BCUT2D eigenvalue weighted by atomic mass is 10.1. The Balaban J connectivity index is 1.61. The molecule has 0 unspecified atom stereocenters. The van der Waals surface area contributed by atoms with Gasteiger partial charge in [-0.3, -0.25) is 10.1 Å². The van der Waals surface area contributed by atoms with Crippen molar-refractivity contribution >= 4 is 15.8 Å². The molecule has 9 nitrogen and oxygen atoms in total. The van der Waals surface area contributed by atoms with Crippen LogP contribution in [0.15, 0.2) is 46.0 Å². The van der Waals surface area contributed by atoms with Gasteiger partial charge in [0.15, 0.2) is 21.6 Å². The number of sulfone groups is 1. The van der Waals surface area contributed by atoms with E-state index in [1.54, 1.807) is 25.4 Å². The van der Waals surface area contributed by atoms with Gasteiger partial charge in [-0.1, -0.05) is 6.07 Å². The van der Waals surface area contributed by atoms with E-state index in [-0.39, 0.29) is 12.3 Å². The van der Waals surface area contributed by atoms with Gasteiger partial charge in [0.25, 0.3) is 0 Å². The molecule has 0 radical (unpaired) electrons. The Morgan fingerprint density at radius 3 is 2.72 bits per heavy atom. The summed E-state index contributed by atoms with van der Waals surface area (Å²) in [6.07, 6.45) is 2.68. The second kappa shape index (κ2) is 8.86. The lowest BCUT2D eigenvalue weighted by Gasteiger charge is -2.13. The van der Waals surface area contributed by atoms with Crippen molar-refractivity contribution in [3.05, 3.63) is 59.4 Å². The van der Waals surface area contributed by atoms with Crippen molar-refractivity contribution in [2.45, 2.75) is 18.8 Å². The summed E-state index contributed by atoms with van der Waals surface area (Å²) in [6.45, 7) is 0.517. The number of nitrogens with one attached hydrogen (secondary N) is 3. The second-order valence-corrected chi connectivity index (χ2v) is 8.49. The molecule has 0 fully saturated rings. The van der Waals surface area contributed by atoms with Crippen LogP contribution in [0, 0.1) is 5.82 Å². The van der Waals surface area contributed by atoms with Gasteiger partial charge in [-0.25, -0.2) is 17.8 Å². The molecule has 11 heteroatoms. The molecule has 3 aromatic rings. The highest BCUT2D eigenvalue weighted by Crippen LogP contribution is 2.15. The first-order valence-electron chi connectivity index (χ1n) is 8.69. The van der Waals surface area contributed by atoms with Crippen molar-refractivity contribution in [3.63, 3.8) is 0 Å². The van der Waals surface area contributed by atoms with E-state index >= 15 is 0 Å². The Labute approximate surface area is 167 Å². The van der Waals surface area contributed by atoms with Crippen molar-refractivity contribution in [3.8, 4) is 11.6 Å². The second-order valence-electron chi connectivity index (χ2n) is 6.35. The van der Waals surface area contributed by atoms with Gasteiger partial charge in [-0.05, 0) is 35.4 Å². The first-order chi connectivity index (χ1) is 13.8. The minimum Gasteiger partial charge on any atom is -0.461 e. The van der Waals surface area contributed by atoms with Crippen molar-refractivity contribution in [2.24, 2.45) is 4.99 Å². The normalized spacial score (nSPS) is 12.2. The van der Waals surface area contributed by atoms with Crippen LogP contribution in [-0.4, -0.2) is 42.9 Å². The number of guanidine groups is 1. The van der Waals surface area contributed by atoms with Gasteiger partial charge in [0.2, 0.25) is 5.82 Å². The molecule has 0 aliphatic carbocycles. The van der Waals surface area contributed by atoms with Gasteiger partial charge in [0.05, 0.1) is 18.6 Å². The molecular formula is C18H21FN6O3S. The van der Waals surface area contributed by atoms with E-state index in [2.05, 4.69) is 30.8 Å². The molecule has 0 saturated carbocycles. The van der Waals surface area contributed by atoms with Gasteiger partial charge in [-0.15, -0.1) is 5.10 Å². The van der Waals surface area contributed by atoms with Crippen LogP contribution in [-0.2, 0) is 28.7 Å². The third kappa shape index (κ3) is 5.88. The number of furan rings is 1. The first-order valence-corrected chi connectivity index (χ1v) is 10.7. The molecule has 0 bridgehead atoms. The Morgan fingerprint density at radius 2 is 2.03 bits per heavy atom. The molecular weight excluding hydrogens is 399 g/mol. The van der Waals surface area contributed by atoms with Gasteiger partial charge in [-0.2, -0.15) is 0 Å². The fourth-order valence-corrected chi connectivity index (χ4v) is 3.49. The molecule has 0 aliphatic rings. The van der Waals surface area contributed by atoms with Crippen molar-refractivity contribution < 1.29 is 17.2 Å². The van der Waals surface area contributed by atoms with Crippen LogP contribution < -0.4 is 10.6 Å². The molecule has 154 valence electrons. The summed E-state index contributed by atoms with van der Waals surface area (Å²) >= 11 is 0. The van der Waals surface area contributed by atoms with Gasteiger partial charge in [0.1, 0.15) is 11.6 Å². The molecule has 0 atom stereocenters. The molecule has 29 heavy (non-hydrogen) atoms. The molecule has 3 N–H and O–H groups in total. The number of aliphatic imine (C=N–C) groups is 1. The van der Waals surface area contributed by atoms with E-state index in [0.29, 0.717) is 41.0 Å². The van der Waals surface area contributed by atoms with Gasteiger partial charge < -0.3 is 15.1 Å². The lowest BCUT2D eigenvalue weighted by Crippen LogP contribution is -2.36. The highest BCUT2D eigenvalue weighted by Gasteiger charge is 2.12. The van der Waals surface area contributed by atoms with Gasteiger partial charge >= 0.3 is 0 Å². The van der Waals surface area contributed by atoms with Crippen LogP contribution in [0.2, 0.25) is 0 Å². The largest absolute Gasteiger partial charge is 0.461 e. The van der Waals surface area contributed by atoms with E-state index in [1.165, 1.54) is 18.2 Å². The SMILES string of the molecule is CN=C(NCc1nc(-c2ccco2)n[nH]1)NCc1cc(F)ccc1CS(C)(=O)=O. The summed E-state index contributed by atoms with van der Waals surface area (Å²) < 4.78 is 42.1. The number of rotatable bonds is 7. The summed E-state index contributed by atoms with van der Waals surface area (Å²) in [5.41, 5.74) is 1.08. The minimum atomic E-state index is -3.24. The number of benzene rings is 1. The third-order valence-electron chi connectivity index (χ3n) is 3.95. The summed E-state index contributed by atoms with van der Waals surface area (Å²) in [5.74, 6) is 1.41. The van der Waals surface area contributed by atoms with E-state index in [1.807, 2.05) is 0 Å². The summed E-state index contributed by atoms with van der Waals surface area (Å²) in [6, 6.07) is 7.55. The summed E-state index contributed by atoms with van der Waals surface area (Å²) in [5, 5.41) is 13.0. The summed E-state index contributed by atoms with van der Waals surface area (Å²) in [7, 11) is -1.65. The van der Waals surface area contributed by atoms with Crippen molar-refractivity contribution in [1.29, 1.82) is 0 Å². The average Bonchev–Trinajstić information content (AvgIpc) is 3.34. The molecule has 0 spiro atoms. The average molecular weight is 420 g/mol. The lowest BCUT2D eigenvalue weighted by molar-refractivity contribution is 0.577. The first kappa shape index (κ1) is 20.5. The molecule has 2 aromatic heterocycles. The quantitative estimate of drug-likeness (QED) is 0.392. The zero-order chi connectivity index (χ0) is 20.9. The smallest absolute Gasteiger partial charge is 0.216 e. The fourth-order valence-electron chi connectivity index (χ4n) is 2.64. The molecule has 2 heterocycles. The number of hydrogen-bond donors (Lipinski definition) is 3. The van der Waals surface area contributed by atoms with E-state index in [9.17, 15) is 12.8 Å². The molecule has 3 rings (SSSR count). The Kier molecular flexibility index (Phi) is 6.27. The molecule has 0 saturated heterocycles. The predicted octanol–water partition coefficient (Wildman–Crippen LogP) is 1.61. The highest BCUT2D eigenvalue weighted by molar-refractivity contribution is 7.89. The Bertz CT molecular complexity index is 1090. The molecule has 0 amide bonds.